The molecule has 0 aromatic heterocycles. The van der Waals surface area contributed by atoms with Crippen molar-refractivity contribution in [3.63, 3.8) is 0 Å². The van der Waals surface area contributed by atoms with Gasteiger partial charge in [-0.3, -0.25) is 4.79 Å². The average Bonchev–Trinajstić information content (AvgIpc) is 2.52. The lowest BCUT2D eigenvalue weighted by molar-refractivity contribution is -0.123. The molecule has 1 N–H and O–H groups in total. The summed E-state index contributed by atoms with van der Waals surface area (Å²) >= 11 is 0. The van der Waals surface area contributed by atoms with Crippen LogP contribution in [-0.2, 0) is 4.79 Å². The molecule has 0 bridgehead atoms. The lowest BCUT2D eigenvalue weighted by Gasteiger charge is -2.38. The van der Waals surface area contributed by atoms with E-state index in [9.17, 15) is 4.79 Å². The van der Waals surface area contributed by atoms with E-state index in [0.29, 0.717) is 0 Å². The molecule has 1 aliphatic rings. The summed E-state index contributed by atoms with van der Waals surface area (Å²) < 4.78 is 0. The van der Waals surface area contributed by atoms with E-state index in [1.165, 1.54) is 5.56 Å². The summed E-state index contributed by atoms with van der Waals surface area (Å²) in [6, 6.07) is 8.00. The van der Waals surface area contributed by atoms with Crippen molar-refractivity contribution in [2.45, 2.75) is 47.5 Å². The van der Waals surface area contributed by atoms with Crippen LogP contribution in [-0.4, -0.2) is 5.91 Å². The predicted molar refractivity (Wildman–Crippen MR) is 80.1 cm³/mol. The monoisotopic (exact) mass is 259 g/mol. The van der Waals surface area contributed by atoms with Gasteiger partial charge in [-0.15, -0.1) is 0 Å². The van der Waals surface area contributed by atoms with Gasteiger partial charge in [0.25, 0.3) is 0 Å². The van der Waals surface area contributed by atoms with Crippen molar-refractivity contribution in [3.8, 4) is 0 Å². The number of nitrogens with one attached hydrogen (secondary N) is 1. The third-order valence-electron chi connectivity index (χ3n) is 5.31. The highest BCUT2D eigenvalue weighted by molar-refractivity contribution is 5.93. The average molecular weight is 259 g/mol. The molecule has 0 radical (unpaired) electrons. The van der Waals surface area contributed by atoms with Gasteiger partial charge in [-0.25, -0.2) is 0 Å². The second-order valence-corrected chi connectivity index (χ2v) is 7.05. The molecule has 0 heterocycles. The van der Waals surface area contributed by atoms with Crippen molar-refractivity contribution in [2.75, 3.05) is 5.32 Å². The molecule has 2 nitrogen and oxygen atoms in total. The first kappa shape index (κ1) is 14.1. The number of rotatable bonds is 2. The fourth-order valence-corrected chi connectivity index (χ4v) is 2.98. The van der Waals surface area contributed by atoms with Crippen LogP contribution in [0.5, 0.6) is 0 Å². The van der Waals surface area contributed by atoms with Crippen molar-refractivity contribution >= 4 is 11.6 Å². The molecule has 19 heavy (non-hydrogen) atoms. The third kappa shape index (κ3) is 2.54. The quantitative estimate of drug-likeness (QED) is 0.838. The lowest BCUT2D eigenvalue weighted by atomic mass is 9.67. The number of carbonyl (C=O) groups excluding carboxylic acids is 1. The Bertz CT molecular complexity index is 471. The maximum absolute atomic E-state index is 12.5. The Balaban J connectivity index is 2.11. The molecule has 1 amide bonds. The number of carbonyl (C=O) groups is 1. The van der Waals surface area contributed by atoms with Gasteiger partial charge in [-0.05, 0) is 42.7 Å². The molecule has 1 aliphatic carbocycles. The van der Waals surface area contributed by atoms with Crippen molar-refractivity contribution < 1.29 is 4.79 Å². The largest absolute Gasteiger partial charge is 0.326 e. The van der Waals surface area contributed by atoms with Crippen LogP contribution in [0.15, 0.2) is 24.3 Å². The van der Waals surface area contributed by atoms with E-state index in [1.807, 2.05) is 31.2 Å². The fraction of sp³-hybridized carbons (Fsp3) is 0.588. The summed E-state index contributed by atoms with van der Waals surface area (Å²) in [6.07, 6.45) is 2.10. The van der Waals surface area contributed by atoms with Gasteiger partial charge in [0, 0.05) is 11.6 Å². The number of hydrogen-bond acceptors (Lipinski definition) is 1. The standard InChI is InChI=1S/C17H25NO/c1-12-6-8-13(9-7-12)18-15(19)14-10-11-16(2,3)17(14,4)5/h6-9,14H,10-11H2,1-5H3,(H,18,19)/t14-/m1/s1. The SMILES string of the molecule is Cc1ccc(NC(=O)[C@H]2CCC(C)(C)C2(C)C)cc1. The molecule has 2 heteroatoms. The molecule has 1 atom stereocenters. The van der Waals surface area contributed by atoms with Crippen molar-refractivity contribution in [1.82, 2.24) is 0 Å². The van der Waals surface area contributed by atoms with Crippen molar-refractivity contribution in [1.29, 1.82) is 0 Å². The highest BCUT2D eigenvalue weighted by Gasteiger charge is 2.51. The first-order chi connectivity index (χ1) is 8.74. The highest BCUT2D eigenvalue weighted by atomic mass is 16.1. The highest BCUT2D eigenvalue weighted by Crippen LogP contribution is 2.55. The molecule has 1 saturated carbocycles. The number of anilines is 1. The summed E-state index contributed by atoms with van der Waals surface area (Å²) in [5.41, 5.74) is 2.38. The minimum absolute atomic E-state index is 0.0434. The maximum atomic E-state index is 12.5. The summed E-state index contributed by atoms with van der Waals surface area (Å²) in [5, 5.41) is 3.07. The van der Waals surface area contributed by atoms with Gasteiger partial charge in [0.1, 0.15) is 0 Å². The first-order valence-corrected chi connectivity index (χ1v) is 7.11. The summed E-state index contributed by atoms with van der Waals surface area (Å²) in [6.45, 7) is 11.0. The van der Waals surface area contributed by atoms with E-state index in [2.05, 4.69) is 33.0 Å². The van der Waals surface area contributed by atoms with Gasteiger partial charge < -0.3 is 5.32 Å². The molecular formula is C17H25NO. The van der Waals surface area contributed by atoms with E-state index in [1.54, 1.807) is 0 Å². The second-order valence-electron chi connectivity index (χ2n) is 7.05. The van der Waals surface area contributed by atoms with E-state index >= 15 is 0 Å². The molecule has 1 aromatic rings. The Morgan fingerprint density at radius 2 is 1.74 bits per heavy atom. The number of amides is 1. The molecule has 104 valence electrons. The predicted octanol–water partition coefficient (Wildman–Crippen LogP) is 4.40. The molecular weight excluding hydrogens is 234 g/mol. The molecule has 1 aromatic carbocycles. The van der Waals surface area contributed by atoms with Crippen LogP contribution in [0.25, 0.3) is 0 Å². The molecule has 0 spiro atoms. The zero-order valence-corrected chi connectivity index (χ0v) is 12.7. The van der Waals surface area contributed by atoms with Gasteiger partial charge in [0.15, 0.2) is 0 Å². The minimum atomic E-state index is 0.0434. The Kier molecular flexibility index (Phi) is 3.46. The lowest BCUT2D eigenvalue weighted by Crippen LogP contribution is -2.37. The summed E-state index contributed by atoms with van der Waals surface area (Å²) in [7, 11) is 0. The zero-order chi connectivity index (χ0) is 14.3. The van der Waals surface area contributed by atoms with Gasteiger partial charge in [0.2, 0.25) is 5.91 Å². The Morgan fingerprint density at radius 1 is 1.16 bits per heavy atom. The summed E-state index contributed by atoms with van der Waals surface area (Å²) in [4.78, 5) is 12.5. The topological polar surface area (TPSA) is 29.1 Å². The van der Waals surface area contributed by atoms with Gasteiger partial charge in [0.05, 0.1) is 0 Å². The molecule has 0 aliphatic heterocycles. The van der Waals surface area contributed by atoms with E-state index in [4.69, 9.17) is 0 Å². The molecule has 1 fully saturated rings. The van der Waals surface area contributed by atoms with E-state index in [0.717, 1.165) is 18.5 Å². The number of hydrogen-bond donors (Lipinski definition) is 1. The minimum Gasteiger partial charge on any atom is -0.326 e. The number of aryl methyl sites for hydroxylation is 1. The maximum Gasteiger partial charge on any atom is 0.228 e. The van der Waals surface area contributed by atoms with E-state index < -0.39 is 0 Å². The van der Waals surface area contributed by atoms with Gasteiger partial charge >= 0.3 is 0 Å². The van der Waals surface area contributed by atoms with Crippen molar-refractivity contribution in [2.24, 2.45) is 16.7 Å². The molecule has 2 rings (SSSR count). The zero-order valence-electron chi connectivity index (χ0n) is 12.7. The van der Waals surface area contributed by atoms with Crippen LogP contribution in [0.1, 0.15) is 46.1 Å². The van der Waals surface area contributed by atoms with Gasteiger partial charge in [-0.1, -0.05) is 45.4 Å². The second kappa shape index (κ2) is 4.66. The van der Waals surface area contributed by atoms with Crippen LogP contribution in [0.2, 0.25) is 0 Å². The Labute approximate surface area is 116 Å². The van der Waals surface area contributed by atoms with Crippen LogP contribution < -0.4 is 5.32 Å². The third-order valence-corrected chi connectivity index (χ3v) is 5.31. The van der Waals surface area contributed by atoms with Crippen LogP contribution >= 0.6 is 0 Å². The first-order valence-electron chi connectivity index (χ1n) is 7.11. The van der Waals surface area contributed by atoms with Crippen molar-refractivity contribution in [3.05, 3.63) is 29.8 Å². The Hall–Kier alpha value is -1.31. The summed E-state index contributed by atoms with van der Waals surface area (Å²) in [5.74, 6) is 0.267. The molecule has 0 unspecified atom stereocenters. The molecule has 0 saturated heterocycles. The smallest absolute Gasteiger partial charge is 0.228 e. The van der Waals surface area contributed by atoms with Crippen LogP contribution in [0, 0.1) is 23.7 Å². The fourth-order valence-electron chi connectivity index (χ4n) is 2.98. The normalized spacial score (nSPS) is 24.2. The number of benzene rings is 1. The van der Waals surface area contributed by atoms with Crippen LogP contribution in [0.3, 0.4) is 0 Å². The van der Waals surface area contributed by atoms with Crippen LogP contribution in [0.4, 0.5) is 5.69 Å². The van der Waals surface area contributed by atoms with Gasteiger partial charge in [-0.2, -0.15) is 0 Å². The Morgan fingerprint density at radius 3 is 2.21 bits per heavy atom. The van der Waals surface area contributed by atoms with E-state index in [-0.39, 0.29) is 22.7 Å².